The van der Waals surface area contributed by atoms with Crippen molar-refractivity contribution in [1.82, 2.24) is 9.78 Å². The summed E-state index contributed by atoms with van der Waals surface area (Å²) >= 11 is 11.5. The minimum Gasteiger partial charge on any atom is -0.323 e. The number of nitro groups is 1. The van der Waals surface area contributed by atoms with Crippen LogP contribution in [-0.2, 0) is 11.0 Å². The lowest BCUT2D eigenvalue weighted by molar-refractivity contribution is -0.384. The molecule has 0 aliphatic carbocycles. The van der Waals surface area contributed by atoms with Crippen LogP contribution in [0.3, 0.4) is 0 Å². The van der Waals surface area contributed by atoms with E-state index in [1.807, 2.05) is 0 Å². The van der Waals surface area contributed by atoms with Crippen molar-refractivity contribution in [2.24, 2.45) is 0 Å². The van der Waals surface area contributed by atoms with Gasteiger partial charge in [-0.15, -0.1) is 0 Å². The number of halogens is 5. The Bertz CT molecular complexity index is 883. The van der Waals surface area contributed by atoms with Crippen molar-refractivity contribution in [2.45, 2.75) is 26.1 Å². The van der Waals surface area contributed by atoms with Crippen molar-refractivity contribution in [3.8, 4) is 0 Å². The molecule has 0 aliphatic heterocycles. The van der Waals surface area contributed by atoms with E-state index in [0.717, 1.165) is 16.8 Å². The fraction of sp³-hybridized carbons (Fsp3) is 0.286. The first-order chi connectivity index (χ1) is 11.9. The third-order valence-electron chi connectivity index (χ3n) is 3.51. The lowest BCUT2D eigenvalue weighted by Gasteiger charge is -2.15. The highest BCUT2D eigenvalue weighted by Gasteiger charge is 2.39. The number of nitro benzene ring substituents is 1. The third-order valence-corrected chi connectivity index (χ3v) is 4.29. The number of hydrogen-bond acceptors (Lipinski definition) is 4. The van der Waals surface area contributed by atoms with Gasteiger partial charge in [0.2, 0.25) is 5.91 Å². The lowest BCUT2D eigenvalue weighted by Crippen LogP contribution is -2.25. The number of non-ortho nitro benzene ring substituents is 1. The Kier molecular flexibility index (Phi) is 5.47. The molecule has 1 aromatic heterocycles. The highest BCUT2D eigenvalue weighted by atomic mass is 35.5. The molecule has 0 saturated carbocycles. The second-order valence-electron chi connectivity index (χ2n) is 5.28. The Morgan fingerprint density at radius 2 is 2.00 bits per heavy atom. The molecule has 26 heavy (non-hydrogen) atoms. The molecular weight excluding hydrogens is 400 g/mol. The molecule has 0 bridgehead atoms. The predicted molar refractivity (Wildman–Crippen MR) is 88.4 cm³/mol. The molecule has 1 N–H and O–H groups in total. The molecule has 1 unspecified atom stereocenters. The van der Waals surface area contributed by atoms with Crippen LogP contribution in [0.15, 0.2) is 18.2 Å². The largest absolute Gasteiger partial charge is 0.436 e. The summed E-state index contributed by atoms with van der Waals surface area (Å²) in [4.78, 5) is 22.5. The van der Waals surface area contributed by atoms with E-state index in [1.165, 1.54) is 19.9 Å². The maximum Gasteiger partial charge on any atom is 0.436 e. The van der Waals surface area contributed by atoms with E-state index in [0.29, 0.717) is 0 Å². The Morgan fingerprint density at radius 1 is 1.38 bits per heavy atom. The van der Waals surface area contributed by atoms with E-state index < -0.39 is 33.8 Å². The van der Waals surface area contributed by atoms with Crippen LogP contribution < -0.4 is 5.32 Å². The second kappa shape index (κ2) is 7.12. The number of amides is 1. The van der Waals surface area contributed by atoms with E-state index in [4.69, 9.17) is 23.2 Å². The normalized spacial score (nSPS) is 12.7. The highest BCUT2D eigenvalue weighted by Crippen LogP contribution is 2.36. The summed E-state index contributed by atoms with van der Waals surface area (Å²) in [5.41, 5.74) is -1.71. The van der Waals surface area contributed by atoms with Gasteiger partial charge in [-0.05, 0) is 19.9 Å². The molecular formula is C14H11Cl2F3N4O3. The Balaban J connectivity index is 2.32. The molecule has 2 aromatic rings. The summed E-state index contributed by atoms with van der Waals surface area (Å²) in [5.74, 6) is -0.775. The van der Waals surface area contributed by atoms with Crippen molar-refractivity contribution in [1.29, 1.82) is 0 Å². The number of anilines is 1. The van der Waals surface area contributed by atoms with E-state index in [1.54, 1.807) is 0 Å². The van der Waals surface area contributed by atoms with Crippen LogP contribution in [0.2, 0.25) is 10.0 Å². The van der Waals surface area contributed by atoms with Crippen molar-refractivity contribution in [3.63, 3.8) is 0 Å². The topological polar surface area (TPSA) is 90.1 Å². The lowest BCUT2D eigenvalue weighted by atomic mass is 10.2. The molecule has 1 amide bonds. The molecule has 140 valence electrons. The van der Waals surface area contributed by atoms with Gasteiger partial charge in [0, 0.05) is 12.1 Å². The van der Waals surface area contributed by atoms with Crippen LogP contribution in [0.5, 0.6) is 0 Å². The number of aromatic nitrogens is 2. The van der Waals surface area contributed by atoms with Gasteiger partial charge in [0.25, 0.3) is 5.69 Å². The Hall–Kier alpha value is -2.33. The smallest absolute Gasteiger partial charge is 0.323 e. The van der Waals surface area contributed by atoms with Crippen LogP contribution in [0.1, 0.15) is 24.4 Å². The fourth-order valence-corrected chi connectivity index (χ4v) is 2.52. The second-order valence-corrected chi connectivity index (χ2v) is 6.06. The number of nitrogens with one attached hydrogen (secondary N) is 1. The zero-order valence-corrected chi connectivity index (χ0v) is 14.8. The van der Waals surface area contributed by atoms with Crippen molar-refractivity contribution in [3.05, 3.63) is 49.7 Å². The molecule has 0 aliphatic rings. The monoisotopic (exact) mass is 410 g/mol. The molecule has 1 aromatic carbocycles. The molecule has 0 saturated heterocycles. The van der Waals surface area contributed by atoms with Crippen LogP contribution >= 0.6 is 23.2 Å². The molecule has 0 fully saturated rings. The summed E-state index contributed by atoms with van der Waals surface area (Å²) in [6.07, 6.45) is -4.77. The van der Waals surface area contributed by atoms with Crippen LogP contribution in [0, 0.1) is 17.0 Å². The van der Waals surface area contributed by atoms with E-state index >= 15 is 0 Å². The average molecular weight is 411 g/mol. The summed E-state index contributed by atoms with van der Waals surface area (Å²) in [5, 5.41) is 15.9. The standard InChI is InChI=1S/C14H11Cl2F3N4O3/c1-6-11(16)12(14(17,18)19)21-22(6)7(2)13(24)20-10-5-8(23(25)26)3-4-9(10)15/h3-5,7H,1-2H3,(H,20,24). The first-order valence-electron chi connectivity index (χ1n) is 7.00. The number of alkyl halides is 3. The molecule has 0 spiro atoms. The van der Waals surface area contributed by atoms with Crippen LogP contribution in [0.4, 0.5) is 24.5 Å². The molecule has 0 radical (unpaired) electrons. The highest BCUT2D eigenvalue weighted by molar-refractivity contribution is 6.34. The summed E-state index contributed by atoms with van der Waals surface area (Å²) in [6, 6.07) is 2.22. The quantitative estimate of drug-likeness (QED) is 0.587. The van der Waals surface area contributed by atoms with Crippen molar-refractivity contribution < 1.29 is 22.9 Å². The summed E-state index contributed by atoms with van der Waals surface area (Å²) < 4.78 is 39.5. The van der Waals surface area contributed by atoms with E-state index in [-0.39, 0.29) is 22.1 Å². The van der Waals surface area contributed by atoms with Gasteiger partial charge in [0.05, 0.1) is 26.3 Å². The van der Waals surface area contributed by atoms with Gasteiger partial charge < -0.3 is 5.32 Å². The number of carbonyl (C=O) groups is 1. The van der Waals surface area contributed by atoms with Gasteiger partial charge in [-0.3, -0.25) is 19.6 Å². The molecule has 7 nitrogen and oxygen atoms in total. The van der Waals surface area contributed by atoms with Crippen molar-refractivity contribution in [2.75, 3.05) is 5.32 Å². The van der Waals surface area contributed by atoms with E-state index in [2.05, 4.69) is 10.4 Å². The van der Waals surface area contributed by atoms with Crippen LogP contribution in [-0.4, -0.2) is 20.6 Å². The van der Waals surface area contributed by atoms with Crippen LogP contribution in [0.25, 0.3) is 0 Å². The molecule has 1 atom stereocenters. The first kappa shape index (κ1) is 20.0. The first-order valence-corrected chi connectivity index (χ1v) is 7.75. The van der Waals surface area contributed by atoms with Gasteiger partial charge in [-0.25, -0.2) is 0 Å². The number of carbonyl (C=O) groups excluding carboxylic acids is 1. The molecule has 1 heterocycles. The molecule has 2 rings (SSSR count). The number of benzene rings is 1. The minimum atomic E-state index is -4.77. The van der Waals surface area contributed by atoms with Gasteiger partial charge in [-0.1, -0.05) is 23.2 Å². The summed E-state index contributed by atoms with van der Waals surface area (Å²) in [7, 11) is 0. The Morgan fingerprint density at radius 3 is 2.50 bits per heavy atom. The number of rotatable bonds is 4. The third kappa shape index (κ3) is 3.91. The zero-order valence-electron chi connectivity index (χ0n) is 13.3. The number of hydrogen-bond donors (Lipinski definition) is 1. The SMILES string of the molecule is Cc1c(Cl)c(C(F)(F)F)nn1C(C)C(=O)Nc1cc([N+](=O)[O-])ccc1Cl. The van der Waals surface area contributed by atoms with E-state index in [9.17, 15) is 28.1 Å². The zero-order chi connectivity index (χ0) is 19.8. The van der Waals surface area contributed by atoms with Gasteiger partial charge >= 0.3 is 6.18 Å². The number of nitrogens with zero attached hydrogens (tertiary/aromatic N) is 3. The van der Waals surface area contributed by atoms with Crippen molar-refractivity contribution >= 4 is 40.5 Å². The minimum absolute atomic E-state index is 0.0300. The maximum absolute atomic E-state index is 12.9. The summed E-state index contributed by atoms with van der Waals surface area (Å²) in [6.45, 7) is 2.59. The van der Waals surface area contributed by atoms with Gasteiger partial charge in [0.1, 0.15) is 6.04 Å². The van der Waals surface area contributed by atoms with Gasteiger partial charge in [-0.2, -0.15) is 18.3 Å². The predicted octanol–water partition coefficient (Wildman–Crippen LogP) is 4.63. The fourth-order valence-electron chi connectivity index (χ4n) is 2.13. The Labute approximate surface area is 154 Å². The van der Waals surface area contributed by atoms with Gasteiger partial charge in [0.15, 0.2) is 5.69 Å². The maximum atomic E-state index is 12.9. The molecule has 12 heteroatoms. The average Bonchev–Trinajstić information content (AvgIpc) is 2.84.